The van der Waals surface area contributed by atoms with Crippen LogP contribution < -0.4 is 0 Å². The molecule has 57 heavy (non-hydrogen) atoms. The Labute approximate surface area is 337 Å². The Hall–Kier alpha value is -2.80. The molecule has 2 fully saturated rings. The molecule has 3 aliphatic rings. The zero-order valence-corrected chi connectivity index (χ0v) is 35.2. The number of nitrogens with zero attached hydrogens (tertiary/aromatic N) is 1. The van der Waals surface area contributed by atoms with Crippen molar-refractivity contribution in [2.45, 2.75) is 179 Å². The second-order valence-corrected chi connectivity index (χ2v) is 16.0. The Bertz CT molecular complexity index is 1350. The van der Waals surface area contributed by atoms with Gasteiger partial charge in [0.1, 0.15) is 42.4 Å². The maximum atomic E-state index is 13.3. The van der Waals surface area contributed by atoms with Gasteiger partial charge in [0.05, 0.1) is 36.9 Å². The summed E-state index contributed by atoms with van der Waals surface area (Å²) < 4.78 is 48.5. The van der Waals surface area contributed by atoms with Gasteiger partial charge >= 0.3 is 17.9 Å². The average Bonchev–Trinajstić information content (AvgIpc) is 3.13. The van der Waals surface area contributed by atoms with Gasteiger partial charge in [-0.15, -0.1) is 0 Å². The van der Waals surface area contributed by atoms with E-state index in [0.29, 0.717) is 12.7 Å². The molecule has 0 saturated carbocycles. The van der Waals surface area contributed by atoms with E-state index in [4.69, 9.17) is 37.9 Å². The van der Waals surface area contributed by atoms with E-state index in [9.17, 15) is 34.5 Å². The summed E-state index contributed by atoms with van der Waals surface area (Å²) in [6.07, 6.45) is -4.08. The largest absolute Gasteiger partial charge is 0.462 e. The van der Waals surface area contributed by atoms with E-state index >= 15 is 0 Å². The van der Waals surface area contributed by atoms with Gasteiger partial charge in [-0.05, 0) is 60.0 Å². The Balaban J connectivity index is 2.01. The topological polar surface area (TPSA) is 206 Å². The zero-order chi connectivity index (χ0) is 42.6. The molecule has 0 amide bonds. The molecule has 0 aromatic rings. The van der Waals surface area contributed by atoms with Gasteiger partial charge in [-0.2, -0.15) is 0 Å². The van der Waals surface area contributed by atoms with Crippen LogP contribution in [0.4, 0.5) is 0 Å². The van der Waals surface area contributed by atoms with Crippen LogP contribution in [0.3, 0.4) is 0 Å². The molecule has 3 heterocycles. The summed E-state index contributed by atoms with van der Waals surface area (Å²) in [6.45, 7) is 11.8. The molecule has 0 bridgehead atoms. The number of carbonyl (C=O) groups is 4. The number of ether oxygens (including phenoxy) is 8. The molecule has 0 aliphatic carbocycles. The molecular formula is C41H67NO15. The molecule has 0 spiro atoms. The molecule has 0 aromatic carbocycles. The first-order valence-corrected chi connectivity index (χ1v) is 20.1. The van der Waals surface area contributed by atoms with Crippen molar-refractivity contribution in [3.63, 3.8) is 0 Å². The van der Waals surface area contributed by atoms with Crippen LogP contribution >= 0.6 is 0 Å². The molecule has 16 heteroatoms. The highest BCUT2D eigenvalue weighted by Gasteiger charge is 2.53. The van der Waals surface area contributed by atoms with Crippen molar-refractivity contribution >= 4 is 24.2 Å². The normalized spacial score (nSPS) is 41.1. The molecule has 3 N–H and O–H groups in total. The summed E-state index contributed by atoms with van der Waals surface area (Å²) in [7, 11) is 4.86. The van der Waals surface area contributed by atoms with Crippen LogP contribution in [0.1, 0.15) is 93.4 Å². The van der Waals surface area contributed by atoms with E-state index in [2.05, 4.69) is 0 Å². The Morgan fingerprint density at radius 2 is 1.63 bits per heavy atom. The lowest BCUT2D eigenvalue weighted by molar-refractivity contribution is -0.344. The third-order valence-electron chi connectivity index (χ3n) is 10.9. The minimum Gasteiger partial charge on any atom is -0.462 e. The van der Waals surface area contributed by atoms with Crippen molar-refractivity contribution in [1.82, 2.24) is 4.90 Å². The van der Waals surface area contributed by atoms with Crippen LogP contribution in [0.25, 0.3) is 0 Å². The number of esters is 3. The first kappa shape index (κ1) is 48.6. The Morgan fingerprint density at radius 1 is 0.965 bits per heavy atom. The molecule has 326 valence electrons. The van der Waals surface area contributed by atoms with E-state index in [1.165, 1.54) is 7.11 Å². The quantitative estimate of drug-likeness (QED) is 0.147. The minimum atomic E-state index is -1.49. The lowest BCUT2D eigenvalue weighted by atomic mass is 9.82. The van der Waals surface area contributed by atoms with Gasteiger partial charge in [0.15, 0.2) is 18.7 Å². The third kappa shape index (κ3) is 13.6. The molecule has 0 aromatic heterocycles. The summed E-state index contributed by atoms with van der Waals surface area (Å²) in [5, 5.41) is 34.5. The van der Waals surface area contributed by atoms with E-state index in [1.807, 2.05) is 13.0 Å². The molecule has 3 aliphatic heterocycles. The number of rotatable bonds is 12. The van der Waals surface area contributed by atoms with Crippen LogP contribution in [0.15, 0.2) is 24.3 Å². The van der Waals surface area contributed by atoms with Crippen molar-refractivity contribution in [2.75, 3.05) is 21.2 Å². The van der Waals surface area contributed by atoms with Gasteiger partial charge in [-0.1, -0.05) is 45.1 Å². The number of allylic oxidation sites excluding steroid dienone is 2. The highest BCUT2D eigenvalue weighted by molar-refractivity contribution is 5.72. The SMILES string of the molecule is CCC(=O)O[C@H]1CC(=O)O[C@H](C)C/C=C/C=C/[C@H](O)[C@H](C)C[C@H](CC=O)[C@@H](O[C@H]2O[C@H](C)[C@@H](O[C@@H]3C[C@@](C)(O)[C@@H](OC(=O)CC)[C@@H](C)O3)[C@H](N(C)C)[C@@H]2O)[C@@H]1OC. The van der Waals surface area contributed by atoms with Crippen LogP contribution in [0, 0.1) is 11.8 Å². The van der Waals surface area contributed by atoms with Gasteiger partial charge in [0, 0.05) is 39.2 Å². The van der Waals surface area contributed by atoms with Gasteiger partial charge < -0.3 is 62.9 Å². The third-order valence-corrected chi connectivity index (χ3v) is 10.9. The van der Waals surface area contributed by atoms with Crippen LogP contribution in [-0.2, 0) is 57.1 Å². The predicted octanol–water partition coefficient (Wildman–Crippen LogP) is 2.77. The number of hydrogen-bond donors (Lipinski definition) is 3. The maximum absolute atomic E-state index is 13.3. The number of aliphatic hydroxyl groups is 3. The number of hydrogen-bond acceptors (Lipinski definition) is 16. The van der Waals surface area contributed by atoms with Crippen molar-refractivity contribution in [2.24, 2.45) is 11.8 Å². The number of cyclic esters (lactones) is 1. The predicted molar refractivity (Wildman–Crippen MR) is 205 cm³/mol. The van der Waals surface area contributed by atoms with Gasteiger partial charge in [0.2, 0.25) is 0 Å². The van der Waals surface area contributed by atoms with Crippen molar-refractivity contribution < 1.29 is 72.4 Å². The molecule has 16 atom stereocenters. The second kappa shape index (κ2) is 22.5. The van der Waals surface area contributed by atoms with E-state index in [0.717, 1.165) is 0 Å². The fourth-order valence-electron chi connectivity index (χ4n) is 7.82. The lowest BCUT2D eigenvalue weighted by Crippen LogP contribution is -2.66. The van der Waals surface area contributed by atoms with Gasteiger partial charge in [-0.25, -0.2) is 0 Å². The molecule has 2 saturated heterocycles. The monoisotopic (exact) mass is 813 g/mol. The van der Waals surface area contributed by atoms with Crippen molar-refractivity contribution in [3.05, 3.63) is 24.3 Å². The number of aliphatic hydroxyl groups excluding tert-OH is 2. The van der Waals surface area contributed by atoms with Gasteiger partial charge in [0.25, 0.3) is 0 Å². The summed E-state index contributed by atoms with van der Waals surface area (Å²) >= 11 is 0. The van der Waals surface area contributed by atoms with E-state index in [-0.39, 0.29) is 32.1 Å². The lowest BCUT2D eigenvalue weighted by Gasteiger charge is -2.50. The van der Waals surface area contributed by atoms with E-state index < -0.39 is 121 Å². The summed E-state index contributed by atoms with van der Waals surface area (Å²) in [6, 6.07) is -0.779. The number of likely N-dealkylation sites (N-methyl/N-ethyl adjacent to an activating group) is 1. The fourth-order valence-corrected chi connectivity index (χ4v) is 7.82. The Kier molecular flexibility index (Phi) is 19.2. The van der Waals surface area contributed by atoms with Crippen LogP contribution in [0.5, 0.6) is 0 Å². The molecule has 16 nitrogen and oxygen atoms in total. The molecular weight excluding hydrogens is 746 g/mol. The fraction of sp³-hybridized carbons (Fsp3) is 0.805. The summed E-state index contributed by atoms with van der Waals surface area (Å²) in [5.74, 6) is -2.82. The number of aldehydes is 1. The zero-order valence-electron chi connectivity index (χ0n) is 35.2. The average molecular weight is 814 g/mol. The summed E-state index contributed by atoms with van der Waals surface area (Å²) in [5.41, 5.74) is -1.49. The van der Waals surface area contributed by atoms with Crippen molar-refractivity contribution in [3.8, 4) is 0 Å². The van der Waals surface area contributed by atoms with Crippen LogP contribution in [0.2, 0.25) is 0 Å². The Morgan fingerprint density at radius 3 is 2.23 bits per heavy atom. The minimum absolute atomic E-state index is 0.000633. The first-order chi connectivity index (χ1) is 26.9. The second-order valence-electron chi connectivity index (χ2n) is 16.0. The molecule has 0 unspecified atom stereocenters. The van der Waals surface area contributed by atoms with E-state index in [1.54, 1.807) is 78.8 Å². The number of methoxy groups -OCH3 is 1. The molecule has 3 rings (SSSR count). The number of carbonyl (C=O) groups excluding carboxylic acids is 4. The smallest absolute Gasteiger partial charge is 0.309 e. The standard InChI is InChI=1S/C41H67NO15/c1-11-30(45)54-29-21-32(47)51-24(4)16-14-13-15-17-28(44)23(3)20-27(18-19-43)37(38(29)50-10)57-40-35(48)34(42(8)9)36(25(5)53-40)56-33-22-41(7,49)39(26(6)52-33)55-31(46)12-2/h13-15,17,19,23-29,33-40,44,48-49H,11-12,16,18,20-22H2,1-10H3/b14-13+,17-15+/t23-,24-,25-,26-,27+,28+,29+,33-,34-,35+,36-,37-,38-,39+,40-,41-/m1/s1. The van der Waals surface area contributed by atoms with Crippen molar-refractivity contribution in [1.29, 1.82) is 0 Å². The first-order valence-electron chi connectivity index (χ1n) is 20.1. The highest BCUT2D eigenvalue weighted by atomic mass is 16.7. The summed E-state index contributed by atoms with van der Waals surface area (Å²) in [4.78, 5) is 52.3. The highest BCUT2D eigenvalue weighted by Crippen LogP contribution is 2.37. The molecule has 0 radical (unpaired) electrons. The van der Waals surface area contributed by atoms with Gasteiger partial charge in [-0.3, -0.25) is 14.4 Å². The maximum Gasteiger partial charge on any atom is 0.309 e. The van der Waals surface area contributed by atoms with Crippen LogP contribution in [-0.4, -0.2) is 151 Å².